The third-order valence-corrected chi connectivity index (χ3v) is 3.35. The average Bonchev–Trinajstić information content (AvgIpc) is 2.52. The summed E-state index contributed by atoms with van der Waals surface area (Å²) >= 11 is 5.33. The van der Waals surface area contributed by atoms with Crippen LogP contribution in [0, 0.1) is 0 Å². The van der Waals surface area contributed by atoms with Crippen LogP contribution in [0.2, 0.25) is 0 Å². The predicted octanol–water partition coefficient (Wildman–Crippen LogP) is 3.71. The Labute approximate surface area is 88.9 Å². The number of halogens is 2. The Balaban J connectivity index is 2.86. The molecule has 1 aromatic heterocycles. The van der Waals surface area contributed by atoms with E-state index in [1.165, 1.54) is 11.3 Å². The summed E-state index contributed by atoms with van der Waals surface area (Å²) in [4.78, 5) is 0.409. The number of nitrogens with two attached hydrogens (primary N) is 1. The second-order valence-electron chi connectivity index (χ2n) is 2.86. The third-order valence-electron chi connectivity index (χ3n) is 2.02. The smallest absolute Gasteiger partial charge is 0.267 e. The van der Waals surface area contributed by atoms with E-state index in [0.29, 0.717) is 9.60 Å². The highest BCUT2D eigenvalue weighted by Gasteiger charge is 2.18. The van der Waals surface area contributed by atoms with E-state index >= 15 is 0 Å². The van der Waals surface area contributed by atoms with Gasteiger partial charge in [-0.2, -0.15) is 0 Å². The summed E-state index contributed by atoms with van der Waals surface area (Å²) in [5, 5.41) is 2.54. The van der Waals surface area contributed by atoms with E-state index in [4.69, 9.17) is 5.73 Å². The fourth-order valence-electron chi connectivity index (χ4n) is 1.35. The maximum atomic E-state index is 12.7. The molecule has 1 heterocycles. The van der Waals surface area contributed by atoms with Crippen LogP contribution in [-0.2, 0) is 0 Å². The molecule has 0 spiro atoms. The van der Waals surface area contributed by atoms with Gasteiger partial charge >= 0.3 is 0 Å². The molecule has 0 aliphatic rings. The highest BCUT2D eigenvalue weighted by atomic mass is 32.1. The number of benzene rings is 1. The highest BCUT2D eigenvalue weighted by molar-refractivity contribution is 7.80. The zero-order valence-corrected chi connectivity index (χ0v) is 8.71. The second-order valence-corrected chi connectivity index (χ2v) is 4.26. The summed E-state index contributed by atoms with van der Waals surface area (Å²) < 4.78 is 26.0. The van der Waals surface area contributed by atoms with Crippen molar-refractivity contribution in [2.24, 2.45) is 0 Å². The second kappa shape index (κ2) is 3.40. The monoisotopic (exact) mass is 231 g/mol. The summed E-state index contributed by atoms with van der Waals surface area (Å²) in [6.45, 7) is 0. The maximum Gasteiger partial charge on any atom is 0.267 e. The summed E-state index contributed by atoms with van der Waals surface area (Å²) in [6.07, 6.45) is -2.55. The lowest BCUT2D eigenvalue weighted by Crippen LogP contribution is -1.96. The molecule has 2 N–H and O–H groups in total. The van der Waals surface area contributed by atoms with Crippen molar-refractivity contribution in [3.8, 4) is 0 Å². The van der Waals surface area contributed by atoms with Crippen molar-refractivity contribution < 1.29 is 8.78 Å². The van der Waals surface area contributed by atoms with E-state index in [1.807, 2.05) is 0 Å². The van der Waals surface area contributed by atoms with Crippen LogP contribution in [0.5, 0.6) is 0 Å². The number of rotatable bonds is 1. The van der Waals surface area contributed by atoms with Gasteiger partial charge in [0.15, 0.2) is 0 Å². The molecular formula is C9H7F2NS2. The van der Waals surface area contributed by atoms with Gasteiger partial charge in [-0.3, -0.25) is 0 Å². The standard InChI is InChI=1S/C9H7F2NS2/c10-9(11)6-7(12)5(13)3-4-1-2-14-8(4)6/h1-3,9,13H,12H2. The molecular weight excluding hydrogens is 224 g/mol. The molecule has 0 radical (unpaired) electrons. The first-order chi connectivity index (χ1) is 6.61. The number of thiol groups is 1. The van der Waals surface area contributed by atoms with Crippen LogP contribution >= 0.6 is 24.0 Å². The number of thiophene rings is 1. The number of nitrogen functional groups attached to an aromatic ring is 1. The van der Waals surface area contributed by atoms with E-state index in [9.17, 15) is 8.78 Å². The van der Waals surface area contributed by atoms with Gasteiger partial charge in [0, 0.05) is 9.60 Å². The number of hydrogen-bond donors (Lipinski definition) is 2. The summed E-state index contributed by atoms with van der Waals surface area (Å²) in [5.74, 6) is 0. The minimum absolute atomic E-state index is 0.0817. The summed E-state index contributed by atoms with van der Waals surface area (Å²) in [7, 11) is 0. The van der Waals surface area contributed by atoms with Crippen LogP contribution in [0.1, 0.15) is 12.0 Å². The van der Waals surface area contributed by atoms with Crippen molar-refractivity contribution >= 4 is 39.7 Å². The molecule has 0 aliphatic carbocycles. The Morgan fingerprint density at radius 3 is 2.79 bits per heavy atom. The zero-order valence-electron chi connectivity index (χ0n) is 7.00. The molecule has 0 saturated carbocycles. The molecule has 0 saturated heterocycles. The Kier molecular flexibility index (Phi) is 2.36. The fourth-order valence-corrected chi connectivity index (χ4v) is 2.55. The number of hydrogen-bond acceptors (Lipinski definition) is 3. The fraction of sp³-hybridized carbons (Fsp3) is 0.111. The molecule has 14 heavy (non-hydrogen) atoms. The normalized spacial score (nSPS) is 11.4. The van der Waals surface area contributed by atoms with Gasteiger partial charge in [0.2, 0.25) is 0 Å². The lowest BCUT2D eigenvalue weighted by molar-refractivity contribution is 0.154. The first kappa shape index (κ1) is 9.73. The van der Waals surface area contributed by atoms with Crippen LogP contribution in [0.25, 0.3) is 10.1 Å². The van der Waals surface area contributed by atoms with E-state index in [1.54, 1.807) is 17.5 Å². The van der Waals surface area contributed by atoms with Crippen molar-refractivity contribution in [1.82, 2.24) is 0 Å². The molecule has 2 rings (SSSR count). The van der Waals surface area contributed by atoms with E-state index in [2.05, 4.69) is 12.6 Å². The third kappa shape index (κ3) is 1.36. The molecule has 74 valence electrons. The van der Waals surface area contributed by atoms with Crippen LogP contribution in [0.3, 0.4) is 0 Å². The number of fused-ring (bicyclic) bond motifs is 1. The molecule has 1 aromatic carbocycles. The first-order valence-electron chi connectivity index (χ1n) is 3.88. The van der Waals surface area contributed by atoms with Crippen molar-refractivity contribution in [2.45, 2.75) is 11.3 Å². The van der Waals surface area contributed by atoms with Crippen LogP contribution < -0.4 is 5.73 Å². The molecule has 0 atom stereocenters. The molecule has 0 bridgehead atoms. The van der Waals surface area contributed by atoms with Crippen LogP contribution in [-0.4, -0.2) is 0 Å². The first-order valence-corrected chi connectivity index (χ1v) is 5.20. The largest absolute Gasteiger partial charge is 0.397 e. The van der Waals surface area contributed by atoms with Gasteiger partial charge in [-0.25, -0.2) is 8.78 Å². The molecule has 0 aliphatic heterocycles. The SMILES string of the molecule is Nc1c(S)cc2ccsc2c1C(F)F. The van der Waals surface area contributed by atoms with Gasteiger partial charge in [-0.15, -0.1) is 24.0 Å². The molecule has 0 unspecified atom stereocenters. The average molecular weight is 231 g/mol. The lowest BCUT2D eigenvalue weighted by Gasteiger charge is -2.08. The number of alkyl halides is 2. The van der Waals surface area contributed by atoms with Gasteiger partial charge < -0.3 is 5.73 Å². The molecule has 5 heteroatoms. The Hall–Kier alpha value is -0.810. The molecule has 1 nitrogen and oxygen atoms in total. The summed E-state index contributed by atoms with van der Waals surface area (Å²) in [5.41, 5.74) is 5.55. The summed E-state index contributed by atoms with van der Waals surface area (Å²) in [6, 6.07) is 3.49. The van der Waals surface area contributed by atoms with Gasteiger partial charge in [0.25, 0.3) is 6.43 Å². The lowest BCUT2D eigenvalue weighted by atomic mass is 10.1. The highest BCUT2D eigenvalue weighted by Crippen LogP contribution is 2.39. The van der Waals surface area contributed by atoms with E-state index < -0.39 is 6.43 Å². The minimum Gasteiger partial charge on any atom is -0.397 e. The van der Waals surface area contributed by atoms with Gasteiger partial charge in [0.05, 0.1) is 11.3 Å². The Morgan fingerprint density at radius 2 is 2.14 bits per heavy atom. The van der Waals surface area contributed by atoms with Crippen molar-refractivity contribution in [1.29, 1.82) is 0 Å². The van der Waals surface area contributed by atoms with Gasteiger partial charge in [-0.05, 0) is 22.9 Å². The molecule has 2 aromatic rings. The molecule has 0 amide bonds. The van der Waals surface area contributed by atoms with E-state index in [0.717, 1.165) is 5.39 Å². The minimum atomic E-state index is -2.55. The number of anilines is 1. The zero-order chi connectivity index (χ0) is 10.3. The van der Waals surface area contributed by atoms with Gasteiger partial charge in [0.1, 0.15) is 0 Å². The maximum absolute atomic E-state index is 12.7. The van der Waals surface area contributed by atoms with Crippen molar-refractivity contribution in [2.75, 3.05) is 5.73 Å². The van der Waals surface area contributed by atoms with Crippen LogP contribution in [0.4, 0.5) is 14.5 Å². The Bertz CT molecular complexity index is 479. The van der Waals surface area contributed by atoms with E-state index in [-0.39, 0.29) is 11.3 Å². The van der Waals surface area contributed by atoms with Crippen molar-refractivity contribution in [3.05, 3.63) is 23.1 Å². The molecule has 0 fully saturated rings. The topological polar surface area (TPSA) is 26.0 Å². The van der Waals surface area contributed by atoms with Crippen LogP contribution in [0.15, 0.2) is 22.4 Å². The predicted molar refractivity (Wildman–Crippen MR) is 58.4 cm³/mol. The van der Waals surface area contributed by atoms with Gasteiger partial charge in [-0.1, -0.05) is 0 Å². The van der Waals surface area contributed by atoms with Crippen molar-refractivity contribution in [3.63, 3.8) is 0 Å². The Morgan fingerprint density at radius 1 is 1.43 bits per heavy atom. The quantitative estimate of drug-likeness (QED) is 0.568.